The summed E-state index contributed by atoms with van der Waals surface area (Å²) < 4.78 is 36.3. The van der Waals surface area contributed by atoms with E-state index in [9.17, 15) is 9.36 Å². The second-order valence-electron chi connectivity index (χ2n) is 6.90. The second-order valence-corrected chi connectivity index (χ2v) is 9.80. The fraction of sp³-hybridized carbons (Fsp3) is 0.688. The smallest absolute Gasteiger partial charge is 0.280 e. The largest absolute Gasteiger partial charge is 0.379 e. The van der Waals surface area contributed by atoms with Crippen LogP contribution >= 0.6 is 7.44 Å². The fourth-order valence-corrected chi connectivity index (χ4v) is 6.47. The molecule has 2 aliphatic rings. The Bertz CT molecular complexity index is 913. The van der Waals surface area contributed by atoms with Crippen LogP contribution in [-0.4, -0.2) is 94.2 Å². The van der Waals surface area contributed by atoms with E-state index >= 15 is 0 Å². The maximum absolute atomic E-state index is 14.0. The fourth-order valence-electron chi connectivity index (χ4n) is 3.61. The number of nitrogen functional groups attached to an aromatic ring is 1. The van der Waals surface area contributed by atoms with Crippen molar-refractivity contribution in [1.29, 1.82) is 0 Å². The highest BCUT2D eigenvalue weighted by atomic mass is 31.2. The molecule has 2 aliphatic heterocycles. The molecule has 0 aromatic carbocycles. The number of rotatable bonds is 7. The molecule has 0 radical (unpaired) electrons. The number of fused-ring (bicyclic) bond motifs is 1. The van der Waals surface area contributed by atoms with Gasteiger partial charge in [-0.3, -0.25) is 18.9 Å². The molecule has 3 N–H and O–H groups in total. The Labute approximate surface area is 167 Å². The van der Waals surface area contributed by atoms with E-state index in [2.05, 4.69) is 15.0 Å². The van der Waals surface area contributed by atoms with Gasteiger partial charge in [0, 0.05) is 26.2 Å². The van der Waals surface area contributed by atoms with E-state index in [-0.39, 0.29) is 18.2 Å². The minimum Gasteiger partial charge on any atom is -0.379 e. The number of hydrogen-bond donors (Lipinski definition) is 2. The van der Waals surface area contributed by atoms with Crippen molar-refractivity contribution in [1.82, 2.24) is 28.9 Å². The summed E-state index contributed by atoms with van der Waals surface area (Å²) in [4.78, 5) is 22.4. The van der Waals surface area contributed by atoms with Crippen molar-refractivity contribution in [2.75, 3.05) is 71.1 Å². The van der Waals surface area contributed by atoms with E-state index < -0.39 is 13.0 Å². The molecule has 160 valence electrons. The highest BCUT2D eigenvalue weighted by Crippen LogP contribution is 2.53. The van der Waals surface area contributed by atoms with Gasteiger partial charge in [0.15, 0.2) is 11.2 Å². The van der Waals surface area contributed by atoms with Crippen molar-refractivity contribution < 1.29 is 18.8 Å². The van der Waals surface area contributed by atoms with E-state index in [1.54, 1.807) is 4.57 Å². The predicted octanol–water partition coefficient (Wildman–Crippen LogP) is -0.467. The molecule has 0 aliphatic carbocycles. The normalized spacial score (nSPS) is 19.7. The first-order chi connectivity index (χ1) is 14.1. The summed E-state index contributed by atoms with van der Waals surface area (Å²) in [5.41, 5.74) is 5.78. The number of anilines is 1. The third-order valence-corrected chi connectivity index (χ3v) is 8.44. The number of nitrogens with two attached hydrogens (primary N) is 1. The van der Waals surface area contributed by atoms with Gasteiger partial charge in [-0.15, -0.1) is 0 Å². The van der Waals surface area contributed by atoms with Crippen molar-refractivity contribution in [3.05, 3.63) is 16.7 Å². The summed E-state index contributed by atoms with van der Waals surface area (Å²) in [6.45, 7) is 5.34. The van der Waals surface area contributed by atoms with Crippen LogP contribution in [0.5, 0.6) is 0 Å². The van der Waals surface area contributed by atoms with Gasteiger partial charge in [0.25, 0.3) is 5.56 Å². The molecule has 4 heterocycles. The Morgan fingerprint density at radius 1 is 1.14 bits per heavy atom. The molecule has 0 saturated carbocycles. The monoisotopic (exact) mass is 427 g/mol. The van der Waals surface area contributed by atoms with Crippen LogP contribution in [0.2, 0.25) is 0 Å². The molecule has 0 spiro atoms. The lowest BCUT2D eigenvalue weighted by molar-refractivity contribution is 0.0494. The molecule has 2 saturated heterocycles. The Balaban J connectivity index is 1.41. The van der Waals surface area contributed by atoms with Crippen LogP contribution in [0.25, 0.3) is 11.2 Å². The van der Waals surface area contributed by atoms with Gasteiger partial charge in [-0.05, 0) is 0 Å². The third-order valence-electron chi connectivity index (χ3n) is 5.11. The molecule has 0 unspecified atom stereocenters. The van der Waals surface area contributed by atoms with Gasteiger partial charge < -0.3 is 19.9 Å². The van der Waals surface area contributed by atoms with Gasteiger partial charge in [-0.25, -0.2) is 14.3 Å². The van der Waals surface area contributed by atoms with E-state index in [1.165, 1.54) is 6.33 Å². The molecule has 13 heteroatoms. The zero-order chi connectivity index (χ0) is 20.3. The first kappa shape index (κ1) is 20.5. The summed E-state index contributed by atoms with van der Waals surface area (Å²) in [5.74, 6) is 0.0217. The number of morpholine rings is 2. The molecule has 2 aromatic heterocycles. The predicted molar refractivity (Wildman–Crippen MR) is 106 cm³/mol. The minimum atomic E-state index is -2.77. The first-order valence-corrected chi connectivity index (χ1v) is 11.4. The first-order valence-electron chi connectivity index (χ1n) is 9.62. The highest BCUT2D eigenvalue weighted by molar-refractivity contribution is 7.59. The van der Waals surface area contributed by atoms with Crippen LogP contribution in [0.3, 0.4) is 0 Å². The number of nitrogens with one attached hydrogen (secondary N) is 1. The average molecular weight is 427 g/mol. The second kappa shape index (κ2) is 8.90. The minimum absolute atomic E-state index is 0.0217. The van der Waals surface area contributed by atoms with Crippen molar-refractivity contribution >= 4 is 24.6 Å². The van der Waals surface area contributed by atoms with Crippen LogP contribution in [0, 0.1) is 0 Å². The van der Waals surface area contributed by atoms with E-state index in [0.717, 1.165) is 0 Å². The van der Waals surface area contributed by atoms with Gasteiger partial charge in [0.1, 0.15) is 6.73 Å². The maximum Gasteiger partial charge on any atom is 0.280 e. The summed E-state index contributed by atoms with van der Waals surface area (Å²) in [6, 6.07) is 0. The number of H-pyrrole nitrogens is 1. The molecule has 0 bridgehead atoms. The van der Waals surface area contributed by atoms with Gasteiger partial charge in [0.2, 0.25) is 13.4 Å². The summed E-state index contributed by atoms with van der Waals surface area (Å²) in [5, 5.41) is 0. The number of nitrogens with zero attached hydrogens (tertiary/aromatic N) is 5. The molecular formula is C16H26N7O5P. The molecular weight excluding hydrogens is 401 g/mol. The maximum atomic E-state index is 14.0. The van der Waals surface area contributed by atoms with Crippen LogP contribution in [0.4, 0.5) is 5.95 Å². The quantitative estimate of drug-likeness (QED) is 0.440. The zero-order valence-corrected chi connectivity index (χ0v) is 17.1. The number of aromatic amines is 1. The van der Waals surface area contributed by atoms with Crippen molar-refractivity contribution in [2.45, 2.75) is 6.73 Å². The third kappa shape index (κ3) is 4.37. The lowest BCUT2D eigenvalue weighted by atomic mass is 10.5. The number of imidazole rings is 1. The summed E-state index contributed by atoms with van der Waals surface area (Å²) in [6.07, 6.45) is 1.88. The SMILES string of the molecule is Nc1nc2c(ncn2COCCP(=O)(N2CCOCC2)N2CCOCC2)c(=O)[nH]1. The Morgan fingerprint density at radius 2 is 1.76 bits per heavy atom. The Hall–Kier alpha value is -1.82. The molecule has 4 rings (SSSR count). The lowest BCUT2D eigenvalue weighted by Gasteiger charge is -2.42. The molecule has 0 atom stereocenters. The van der Waals surface area contributed by atoms with E-state index in [0.29, 0.717) is 71.0 Å². The molecule has 12 nitrogen and oxygen atoms in total. The van der Waals surface area contributed by atoms with Crippen LogP contribution in [0.15, 0.2) is 11.1 Å². The lowest BCUT2D eigenvalue weighted by Crippen LogP contribution is -2.44. The average Bonchev–Trinajstić information content (AvgIpc) is 3.15. The van der Waals surface area contributed by atoms with Gasteiger partial charge in [-0.1, -0.05) is 0 Å². The standard InChI is InChI=1S/C16H26N7O5P/c17-16-19-14-13(15(24)20-16)18-11-21(14)12-28-9-10-29(25,22-1-5-26-6-2-22)23-3-7-27-8-4-23/h11H,1-10,12H2,(H3,17,19,20,24). The Kier molecular flexibility index (Phi) is 6.28. The molecule has 2 fully saturated rings. The topological polar surface area (TPSA) is 141 Å². The number of hydrogen-bond acceptors (Lipinski definition) is 8. The van der Waals surface area contributed by atoms with Gasteiger partial charge in [-0.2, -0.15) is 4.98 Å². The number of aromatic nitrogens is 4. The summed E-state index contributed by atoms with van der Waals surface area (Å²) >= 11 is 0. The van der Waals surface area contributed by atoms with E-state index in [4.69, 9.17) is 19.9 Å². The van der Waals surface area contributed by atoms with Crippen LogP contribution < -0.4 is 11.3 Å². The van der Waals surface area contributed by atoms with Gasteiger partial charge in [0.05, 0.1) is 45.5 Å². The number of ether oxygens (including phenoxy) is 3. The highest BCUT2D eigenvalue weighted by Gasteiger charge is 2.38. The molecule has 0 amide bonds. The molecule has 29 heavy (non-hydrogen) atoms. The van der Waals surface area contributed by atoms with Crippen LogP contribution in [0.1, 0.15) is 0 Å². The molecule has 2 aromatic rings. The van der Waals surface area contributed by atoms with Crippen molar-refractivity contribution in [3.63, 3.8) is 0 Å². The van der Waals surface area contributed by atoms with Crippen molar-refractivity contribution in [2.24, 2.45) is 0 Å². The zero-order valence-electron chi connectivity index (χ0n) is 16.2. The van der Waals surface area contributed by atoms with Gasteiger partial charge >= 0.3 is 0 Å². The van der Waals surface area contributed by atoms with Crippen LogP contribution in [-0.2, 0) is 25.5 Å². The Morgan fingerprint density at radius 3 is 2.38 bits per heavy atom. The summed E-state index contributed by atoms with van der Waals surface area (Å²) in [7, 11) is -2.77. The van der Waals surface area contributed by atoms with E-state index in [1.807, 2.05) is 9.34 Å². The van der Waals surface area contributed by atoms with Crippen molar-refractivity contribution in [3.8, 4) is 0 Å².